The molecule has 16 heavy (non-hydrogen) atoms. The maximum Gasteiger partial charge on any atom is 0.379 e. The van der Waals surface area contributed by atoms with Crippen molar-refractivity contribution in [1.29, 1.82) is 0 Å². The molecule has 4 heteroatoms. The minimum Gasteiger partial charge on any atom is -0.512 e. The van der Waals surface area contributed by atoms with Gasteiger partial charge >= 0.3 is 5.63 Å². The van der Waals surface area contributed by atoms with Gasteiger partial charge in [0.25, 0.3) is 0 Å². The van der Waals surface area contributed by atoms with E-state index in [0.29, 0.717) is 6.61 Å². The minimum atomic E-state index is -0.485. The highest BCUT2D eigenvalue weighted by Crippen LogP contribution is 2.38. The number of hydrogen-bond acceptors (Lipinski definition) is 4. The standard InChI is InChI=1S/C12H14O4/c1-3-15-11-10-8(6-16-12(11)14)4-5-9(10)7(2)13/h6,13H,3-5H2,1-2H3. The van der Waals surface area contributed by atoms with Gasteiger partial charge in [-0.25, -0.2) is 4.79 Å². The Morgan fingerprint density at radius 2 is 2.31 bits per heavy atom. The first-order valence-electron chi connectivity index (χ1n) is 5.31. The highest BCUT2D eigenvalue weighted by molar-refractivity contribution is 5.77. The molecule has 0 saturated heterocycles. The van der Waals surface area contributed by atoms with Crippen molar-refractivity contribution in [1.82, 2.24) is 0 Å². The second-order valence-corrected chi connectivity index (χ2v) is 3.75. The van der Waals surface area contributed by atoms with Crippen LogP contribution in [-0.4, -0.2) is 11.7 Å². The summed E-state index contributed by atoms with van der Waals surface area (Å²) in [6.45, 7) is 3.83. The Balaban J connectivity index is 2.67. The summed E-state index contributed by atoms with van der Waals surface area (Å²) in [5.74, 6) is 0.464. The Morgan fingerprint density at radius 3 is 2.94 bits per heavy atom. The number of fused-ring (bicyclic) bond motifs is 1. The van der Waals surface area contributed by atoms with Gasteiger partial charge < -0.3 is 14.3 Å². The molecule has 0 radical (unpaired) electrons. The zero-order valence-corrected chi connectivity index (χ0v) is 9.37. The molecule has 1 aliphatic rings. The maximum absolute atomic E-state index is 11.5. The average Bonchev–Trinajstić information content (AvgIpc) is 2.66. The molecule has 0 spiro atoms. The summed E-state index contributed by atoms with van der Waals surface area (Å²) in [4.78, 5) is 11.5. The van der Waals surface area contributed by atoms with Gasteiger partial charge in [-0.2, -0.15) is 0 Å². The molecule has 4 nitrogen and oxygen atoms in total. The van der Waals surface area contributed by atoms with Crippen LogP contribution in [0.5, 0.6) is 5.75 Å². The molecule has 0 fully saturated rings. The van der Waals surface area contributed by atoms with E-state index in [-0.39, 0.29) is 11.5 Å². The fraction of sp³-hybridized carbons (Fsp3) is 0.417. The molecular formula is C12H14O4. The van der Waals surface area contributed by atoms with Crippen molar-refractivity contribution in [3.8, 4) is 5.75 Å². The number of ether oxygens (including phenoxy) is 1. The van der Waals surface area contributed by atoms with Gasteiger partial charge in [-0.15, -0.1) is 0 Å². The van der Waals surface area contributed by atoms with Crippen molar-refractivity contribution < 1.29 is 14.3 Å². The lowest BCUT2D eigenvalue weighted by atomic mass is 10.1. The molecule has 0 aliphatic heterocycles. The van der Waals surface area contributed by atoms with E-state index in [1.807, 2.05) is 6.92 Å². The van der Waals surface area contributed by atoms with Gasteiger partial charge in [0.1, 0.15) is 0 Å². The Morgan fingerprint density at radius 1 is 1.56 bits per heavy atom. The van der Waals surface area contributed by atoms with Crippen LogP contribution in [0.1, 0.15) is 31.4 Å². The zero-order valence-electron chi connectivity index (χ0n) is 9.37. The van der Waals surface area contributed by atoms with Gasteiger partial charge in [0.15, 0.2) is 0 Å². The van der Waals surface area contributed by atoms with E-state index in [0.717, 1.165) is 29.5 Å². The molecule has 2 rings (SSSR count). The van der Waals surface area contributed by atoms with Crippen LogP contribution >= 0.6 is 0 Å². The molecule has 0 atom stereocenters. The summed E-state index contributed by atoms with van der Waals surface area (Å²) >= 11 is 0. The molecule has 0 bridgehead atoms. The molecule has 1 aromatic rings. The number of aliphatic hydroxyl groups is 1. The van der Waals surface area contributed by atoms with Gasteiger partial charge in [-0.1, -0.05) is 0 Å². The Hall–Kier alpha value is -1.71. The summed E-state index contributed by atoms with van der Waals surface area (Å²) in [7, 11) is 0. The highest BCUT2D eigenvalue weighted by atomic mass is 16.5. The van der Waals surface area contributed by atoms with Gasteiger partial charge in [0, 0.05) is 11.1 Å². The van der Waals surface area contributed by atoms with E-state index >= 15 is 0 Å². The number of hydrogen-bond donors (Lipinski definition) is 1. The van der Waals surface area contributed by atoms with E-state index in [1.165, 1.54) is 6.26 Å². The zero-order chi connectivity index (χ0) is 11.7. The lowest BCUT2D eigenvalue weighted by Crippen LogP contribution is -2.09. The Bertz CT molecular complexity index is 492. The predicted molar refractivity (Wildman–Crippen MR) is 59.7 cm³/mol. The van der Waals surface area contributed by atoms with Crippen LogP contribution in [0.25, 0.3) is 5.57 Å². The molecule has 1 heterocycles. The summed E-state index contributed by atoms with van der Waals surface area (Å²) in [6.07, 6.45) is 2.94. The molecule has 1 N–H and O–H groups in total. The monoisotopic (exact) mass is 222 g/mol. The summed E-state index contributed by atoms with van der Waals surface area (Å²) in [5.41, 5.74) is 1.94. The fourth-order valence-corrected chi connectivity index (χ4v) is 2.02. The van der Waals surface area contributed by atoms with Crippen molar-refractivity contribution >= 4 is 5.57 Å². The highest BCUT2D eigenvalue weighted by Gasteiger charge is 2.26. The third-order valence-electron chi connectivity index (χ3n) is 2.71. The van der Waals surface area contributed by atoms with E-state index < -0.39 is 5.63 Å². The molecule has 0 aromatic carbocycles. The van der Waals surface area contributed by atoms with Crippen LogP contribution in [0, 0.1) is 0 Å². The van der Waals surface area contributed by atoms with E-state index in [4.69, 9.17) is 9.15 Å². The Labute approximate surface area is 93.2 Å². The SMILES string of the molecule is CCOc1c2c(coc1=O)CCC2=C(C)O. The summed E-state index contributed by atoms with van der Waals surface area (Å²) in [6, 6.07) is 0. The van der Waals surface area contributed by atoms with Crippen molar-refractivity contribution in [3.63, 3.8) is 0 Å². The van der Waals surface area contributed by atoms with Gasteiger partial charge in [-0.3, -0.25) is 0 Å². The molecule has 0 amide bonds. The third kappa shape index (κ3) is 1.60. The van der Waals surface area contributed by atoms with Crippen molar-refractivity contribution in [2.75, 3.05) is 6.61 Å². The number of rotatable bonds is 2. The van der Waals surface area contributed by atoms with Crippen LogP contribution in [0.4, 0.5) is 0 Å². The van der Waals surface area contributed by atoms with Crippen LogP contribution in [0.3, 0.4) is 0 Å². The second-order valence-electron chi connectivity index (χ2n) is 3.75. The summed E-state index contributed by atoms with van der Waals surface area (Å²) < 4.78 is 10.2. The molecule has 86 valence electrons. The van der Waals surface area contributed by atoms with Crippen LogP contribution in [-0.2, 0) is 6.42 Å². The smallest absolute Gasteiger partial charge is 0.379 e. The lowest BCUT2D eigenvalue weighted by molar-refractivity contribution is 0.315. The number of aliphatic hydroxyl groups excluding tert-OH is 1. The number of aryl methyl sites for hydroxylation is 1. The summed E-state index contributed by atoms with van der Waals surface area (Å²) in [5, 5.41) is 9.57. The lowest BCUT2D eigenvalue weighted by Gasteiger charge is -2.08. The predicted octanol–water partition coefficient (Wildman–Crippen LogP) is 2.27. The van der Waals surface area contributed by atoms with E-state index in [9.17, 15) is 9.90 Å². The fourth-order valence-electron chi connectivity index (χ4n) is 2.02. The first-order chi connectivity index (χ1) is 7.65. The first-order valence-corrected chi connectivity index (χ1v) is 5.31. The molecule has 0 unspecified atom stereocenters. The molecule has 1 aromatic heterocycles. The van der Waals surface area contributed by atoms with Crippen molar-refractivity contribution in [2.24, 2.45) is 0 Å². The molecule has 1 aliphatic carbocycles. The number of allylic oxidation sites excluding steroid dienone is 2. The van der Waals surface area contributed by atoms with Gasteiger partial charge in [0.05, 0.1) is 18.6 Å². The van der Waals surface area contributed by atoms with Gasteiger partial charge in [0.2, 0.25) is 5.75 Å². The van der Waals surface area contributed by atoms with Crippen LogP contribution in [0.15, 0.2) is 21.2 Å². The van der Waals surface area contributed by atoms with E-state index in [2.05, 4.69) is 0 Å². The third-order valence-corrected chi connectivity index (χ3v) is 2.71. The van der Waals surface area contributed by atoms with Gasteiger partial charge in [-0.05, 0) is 32.3 Å². The second kappa shape index (κ2) is 4.04. The van der Waals surface area contributed by atoms with E-state index in [1.54, 1.807) is 6.92 Å². The quantitative estimate of drug-likeness (QED) is 0.780. The maximum atomic E-state index is 11.5. The first kappa shape index (κ1) is 10.8. The molecule has 0 saturated carbocycles. The Kier molecular flexibility index (Phi) is 2.73. The normalized spacial score (nSPS) is 17.1. The van der Waals surface area contributed by atoms with Crippen LogP contribution in [0.2, 0.25) is 0 Å². The largest absolute Gasteiger partial charge is 0.512 e. The average molecular weight is 222 g/mol. The minimum absolute atomic E-state index is 0.223. The van der Waals surface area contributed by atoms with Crippen LogP contribution < -0.4 is 10.4 Å². The van der Waals surface area contributed by atoms with Crippen molar-refractivity contribution in [3.05, 3.63) is 33.6 Å². The van der Waals surface area contributed by atoms with Crippen molar-refractivity contribution in [2.45, 2.75) is 26.7 Å². The molecular weight excluding hydrogens is 208 g/mol. The topological polar surface area (TPSA) is 59.7 Å².